The molecule has 0 aliphatic rings. The molecule has 8 heteroatoms. The zero-order chi connectivity index (χ0) is 24.5. The molecule has 0 saturated carbocycles. The highest BCUT2D eigenvalue weighted by Gasteiger charge is 2.22. The molecule has 0 aliphatic heterocycles. The number of urea groups is 1. The zero-order valence-electron chi connectivity index (χ0n) is 19.7. The van der Waals surface area contributed by atoms with Crippen molar-refractivity contribution in [2.75, 3.05) is 32.1 Å². The molecule has 0 saturated heterocycles. The number of ether oxygens (including phenoxy) is 1. The van der Waals surface area contributed by atoms with Crippen LogP contribution in [0, 0.1) is 19.7 Å². The number of nitrogens with one attached hydrogen (secondary N) is 1. The van der Waals surface area contributed by atoms with Crippen LogP contribution in [0.15, 0.2) is 60.0 Å². The molecule has 0 spiro atoms. The quantitative estimate of drug-likeness (QED) is 0.430. The van der Waals surface area contributed by atoms with Crippen LogP contribution in [-0.4, -0.2) is 48.5 Å². The molecule has 0 bridgehead atoms. The van der Waals surface area contributed by atoms with E-state index in [9.17, 15) is 14.0 Å². The number of thiophene rings is 1. The molecule has 1 aromatic heterocycles. The third-order valence-electron chi connectivity index (χ3n) is 5.37. The van der Waals surface area contributed by atoms with Gasteiger partial charge in [-0.05, 0) is 54.6 Å². The van der Waals surface area contributed by atoms with Crippen molar-refractivity contribution in [3.63, 3.8) is 0 Å². The number of amides is 3. The largest absolute Gasteiger partial charge is 0.383 e. The minimum atomic E-state index is -0.366. The number of hydrogen-bond acceptors (Lipinski definition) is 4. The Kier molecular flexibility index (Phi) is 9.18. The standard InChI is InChI=1S/C26H30FN3O3S/c1-19-6-11-24(20(2)15-19)28-26(32)29(12-13-33-3)18-25(31)30(17-23-5-4-14-34-23)16-21-7-9-22(27)10-8-21/h4-11,14-15H,12-13,16-18H2,1-3H3,(H,28,32). The number of carbonyl (C=O) groups is 2. The summed E-state index contributed by atoms with van der Waals surface area (Å²) in [5.74, 6) is -0.529. The van der Waals surface area contributed by atoms with E-state index in [1.165, 1.54) is 17.0 Å². The maximum Gasteiger partial charge on any atom is 0.322 e. The lowest BCUT2D eigenvalue weighted by atomic mass is 10.1. The lowest BCUT2D eigenvalue weighted by molar-refractivity contribution is -0.133. The van der Waals surface area contributed by atoms with Gasteiger partial charge in [0.2, 0.25) is 5.91 Å². The summed E-state index contributed by atoms with van der Waals surface area (Å²) in [5.41, 5.74) is 3.57. The van der Waals surface area contributed by atoms with Crippen molar-refractivity contribution in [2.24, 2.45) is 0 Å². The second kappa shape index (κ2) is 12.3. The molecular formula is C26H30FN3O3S. The molecule has 0 unspecified atom stereocenters. The van der Waals surface area contributed by atoms with Gasteiger partial charge in [0.15, 0.2) is 0 Å². The van der Waals surface area contributed by atoms with Gasteiger partial charge in [-0.3, -0.25) is 4.79 Å². The number of nitrogens with zero attached hydrogens (tertiary/aromatic N) is 2. The van der Waals surface area contributed by atoms with Crippen molar-refractivity contribution in [1.29, 1.82) is 0 Å². The minimum Gasteiger partial charge on any atom is -0.383 e. The van der Waals surface area contributed by atoms with Gasteiger partial charge in [0.1, 0.15) is 12.4 Å². The Balaban J connectivity index is 1.76. The number of hydrogen-bond donors (Lipinski definition) is 1. The maximum atomic E-state index is 13.4. The zero-order valence-corrected chi connectivity index (χ0v) is 20.5. The Morgan fingerprint density at radius 2 is 1.79 bits per heavy atom. The summed E-state index contributed by atoms with van der Waals surface area (Å²) >= 11 is 1.56. The number of anilines is 1. The summed E-state index contributed by atoms with van der Waals surface area (Å²) in [6.45, 7) is 5.11. The highest BCUT2D eigenvalue weighted by Crippen LogP contribution is 2.18. The lowest BCUT2D eigenvalue weighted by Crippen LogP contribution is -2.45. The van der Waals surface area contributed by atoms with E-state index < -0.39 is 0 Å². The molecule has 1 heterocycles. The van der Waals surface area contributed by atoms with E-state index >= 15 is 0 Å². The third kappa shape index (κ3) is 7.40. The summed E-state index contributed by atoms with van der Waals surface area (Å²) in [7, 11) is 1.56. The van der Waals surface area contributed by atoms with E-state index in [0.29, 0.717) is 25.4 Å². The topological polar surface area (TPSA) is 61.9 Å². The molecule has 0 fully saturated rings. The number of carbonyl (C=O) groups excluding carboxylic acids is 2. The van der Waals surface area contributed by atoms with E-state index in [1.54, 1.807) is 35.5 Å². The Morgan fingerprint density at radius 3 is 2.44 bits per heavy atom. The summed E-state index contributed by atoms with van der Waals surface area (Å²) in [5, 5.41) is 4.87. The normalized spacial score (nSPS) is 10.7. The van der Waals surface area contributed by atoms with E-state index in [1.807, 2.05) is 49.6 Å². The second-order valence-corrected chi connectivity index (χ2v) is 9.15. The second-order valence-electron chi connectivity index (χ2n) is 8.12. The first kappa shape index (κ1) is 25.4. The summed E-state index contributed by atoms with van der Waals surface area (Å²) in [4.78, 5) is 30.6. The van der Waals surface area contributed by atoms with Crippen LogP contribution in [0.4, 0.5) is 14.9 Å². The van der Waals surface area contributed by atoms with Gasteiger partial charge in [-0.15, -0.1) is 11.3 Å². The average molecular weight is 484 g/mol. The van der Waals surface area contributed by atoms with Gasteiger partial charge in [-0.1, -0.05) is 35.9 Å². The van der Waals surface area contributed by atoms with Crippen LogP contribution in [0.3, 0.4) is 0 Å². The first-order valence-electron chi connectivity index (χ1n) is 11.0. The van der Waals surface area contributed by atoms with Crippen molar-refractivity contribution in [2.45, 2.75) is 26.9 Å². The van der Waals surface area contributed by atoms with E-state index in [2.05, 4.69) is 5.32 Å². The minimum absolute atomic E-state index is 0.104. The van der Waals surface area contributed by atoms with Gasteiger partial charge < -0.3 is 19.9 Å². The number of rotatable bonds is 10. The molecule has 0 atom stereocenters. The number of aryl methyl sites for hydroxylation is 2. The molecule has 0 aliphatic carbocycles. The van der Waals surface area contributed by atoms with Crippen molar-refractivity contribution in [3.8, 4) is 0 Å². The van der Waals surface area contributed by atoms with Crippen LogP contribution in [-0.2, 0) is 22.6 Å². The molecule has 34 heavy (non-hydrogen) atoms. The Hall–Kier alpha value is -3.23. The van der Waals surface area contributed by atoms with E-state index in [0.717, 1.165) is 21.6 Å². The van der Waals surface area contributed by atoms with Crippen LogP contribution in [0.2, 0.25) is 0 Å². The Morgan fingerprint density at radius 1 is 1.03 bits per heavy atom. The van der Waals surface area contributed by atoms with Gasteiger partial charge in [0.25, 0.3) is 0 Å². The molecule has 1 N–H and O–H groups in total. The molecule has 3 rings (SSSR count). The van der Waals surface area contributed by atoms with Gasteiger partial charge in [-0.25, -0.2) is 9.18 Å². The van der Waals surface area contributed by atoms with E-state index in [-0.39, 0.29) is 30.8 Å². The molecule has 3 aromatic rings. The van der Waals surface area contributed by atoms with Crippen molar-refractivity contribution in [3.05, 3.63) is 87.4 Å². The first-order valence-corrected chi connectivity index (χ1v) is 11.9. The fraction of sp³-hybridized carbons (Fsp3) is 0.308. The first-order chi connectivity index (χ1) is 16.4. The van der Waals surface area contributed by atoms with Gasteiger partial charge in [0.05, 0.1) is 13.2 Å². The molecule has 180 valence electrons. The lowest BCUT2D eigenvalue weighted by Gasteiger charge is -2.28. The highest BCUT2D eigenvalue weighted by molar-refractivity contribution is 7.09. The summed E-state index contributed by atoms with van der Waals surface area (Å²) < 4.78 is 18.5. The fourth-order valence-corrected chi connectivity index (χ4v) is 4.22. The average Bonchev–Trinajstić information content (AvgIpc) is 3.32. The maximum absolute atomic E-state index is 13.4. The van der Waals surface area contributed by atoms with Gasteiger partial charge in [0, 0.05) is 30.8 Å². The molecule has 6 nitrogen and oxygen atoms in total. The Bertz CT molecular complexity index is 1090. The van der Waals surface area contributed by atoms with Gasteiger partial charge >= 0.3 is 6.03 Å². The predicted octanol–water partition coefficient (Wildman–Crippen LogP) is 5.21. The molecule has 2 aromatic carbocycles. The molecule has 3 amide bonds. The monoisotopic (exact) mass is 483 g/mol. The van der Waals surface area contributed by atoms with Crippen LogP contribution in [0.5, 0.6) is 0 Å². The van der Waals surface area contributed by atoms with E-state index in [4.69, 9.17) is 4.74 Å². The van der Waals surface area contributed by atoms with Crippen LogP contribution in [0.1, 0.15) is 21.6 Å². The predicted molar refractivity (Wildman–Crippen MR) is 133 cm³/mol. The van der Waals surface area contributed by atoms with Crippen LogP contribution < -0.4 is 5.32 Å². The smallest absolute Gasteiger partial charge is 0.322 e. The third-order valence-corrected chi connectivity index (χ3v) is 6.23. The summed E-state index contributed by atoms with van der Waals surface area (Å²) in [6, 6.07) is 15.4. The van der Waals surface area contributed by atoms with Crippen LogP contribution >= 0.6 is 11.3 Å². The number of halogens is 1. The van der Waals surface area contributed by atoms with Crippen molar-refractivity contribution >= 4 is 29.0 Å². The SMILES string of the molecule is COCCN(CC(=O)N(Cc1ccc(F)cc1)Cc1cccs1)C(=O)Nc1ccc(C)cc1C. The molecular weight excluding hydrogens is 453 g/mol. The number of methoxy groups -OCH3 is 1. The number of benzene rings is 2. The van der Waals surface area contributed by atoms with Crippen LogP contribution in [0.25, 0.3) is 0 Å². The van der Waals surface area contributed by atoms with Crippen molar-refractivity contribution in [1.82, 2.24) is 9.80 Å². The Labute approximate surface area is 204 Å². The van der Waals surface area contributed by atoms with Gasteiger partial charge in [-0.2, -0.15) is 0 Å². The fourth-order valence-electron chi connectivity index (χ4n) is 3.50. The van der Waals surface area contributed by atoms with Crippen molar-refractivity contribution < 1.29 is 18.7 Å². The summed E-state index contributed by atoms with van der Waals surface area (Å²) in [6.07, 6.45) is 0. The highest BCUT2D eigenvalue weighted by atomic mass is 32.1. The molecule has 0 radical (unpaired) electrons.